The summed E-state index contributed by atoms with van der Waals surface area (Å²) in [5.41, 5.74) is 5.42. The van der Waals surface area contributed by atoms with Gasteiger partial charge in [-0.05, 0) is 43.9 Å². The molecule has 1 fully saturated rings. The molecule has 1 atom stereocenters. The number of nitrogens with two attached hydrogens (primary N) is 1. The molecule has 0 radical (unpaired) electrons. The number of piperidine rings is 1. The minimum atomic E-state index is -3.59. The van der Waals surface area contributed by atoms with Gasteiger partial charge in [-0.1, -0.05) is 0 Å². The highest BCUT2D eigenvalue weighted by atomic mass is 35.5. The van der Waals surface area contributed by atoms with Crippen molar-refractivity contribution >= 4 is 28.1 Å². The van der Waals surface area contributed by atoms with Crippen molar-refractivity contribution in [3.05, 3.63) is 34.4 Å². The summed E-state index contributed by atoms with van der Waals surface area (Å²) < 4.78 is 26.5. The summed E-state index contributed by atoms with van der Waals surface area (Å²) in [5.74, 6) is 0.288. The Balaban J connectivity index is 0.00000242. The molecule has 124 valence electrons. The smallest absolute Gasteiger partial charge is 0.269 e. The van der Waals surface area contributed by atoms with Gasteiger partial charge in [0.15, 0.2) is 0 Å². The van der Waals surface area contributed by atoms with E-state index >= 15 is 0 Å². The first-order valence-corrected chi connectivity index (χ1v) is 8.34. The number of nitro groups is 1. The highest BCUT2D eigenvalue weighted by Gasteiger charge is 2.30. The molecule has 7 nitrogen and oxygen atoms in total. The van der Waals surface area contributed by atoms with Gasteiger partial charge in [0, 0.05) is 25.2 Å². The van der Waals surface area contributed by atoms with Crippen LogP contribution in [0.3, 0.4) is 0 Å². The SMILES string of the molecule is Cl.NCCC1CCCN(S(=O)(=O)c2ccc([N+](=O)[O-])cc2)C1. The van der Waals surface area contributed by atoms with Gasteiger partial charge in [0.25, 0.3) is 5.69 Å². The number of hydrogen-bond donors (Lipinski definition) is 1. The Hall–Kier alpha value is -1.22. The van der Waals surface area contributed by atoms with Crippen molar-refractivity contribution in [3.8, 4) is 0 Å². The Labute approximate surface area is 136 Å². The monoisotopic (exact) mass is 349 g/mol. The van der Waals surface area contributed by atoms with E-state index in [-0.39, 0.29) is 28.9 Å². The molecule has 2 N–H and O–H groups in total. The molecule has 2 rings (SSSR count). The summed E-state index contributed by atoms with van der Waals surface area (Å²) in [7, 11) is -3.59. The van der Waals surface area contributed by atoms with E-state index < -0.39 is 14.9 Å². The molecule has 0 saturated carbocycles. The molecule has 1 saturated heterocycles. The molecule has 0 bridgehead atoms. The molecule has 1 aliphatic heterocycles. The molecule has 1 heterocycles. The van der Waals surface area contributed by atoms with Gasteiger partial charge in [-0.25, -0.2) is 8.42 Å². The van der Waals surface area contributed by atoms with Crippen molar-refractivity contribution < 1.29 is 13.3 Å². The quantitative estimate of drug-likeness (QED) is 0.644. The maximum atomic E-state index is 12.5. The minimum absolute atomic E-state index is 0. The molecular formula is C13H20ClN3O4S. The highest BCUT2D eigenvalue weighted by Crippen LogP contribution is 2.26. The highest BCUT2D eigenvalue weighted by molar-refractivity contribution is 7.89. The van der Waals surface area contributed by atoms with E-state index in [9.17, 15) is 18.5 Å². The first-order chi connectivity index (χ1) is 9.95. The lowest BCUT2D eigenvalue weighted by molar-refractivity contribution is -0.384. The van der Waals surface area contributed by atoms with Crippen LogP contribution in [0.15, 0.2) is 29.2 Å². The minimum Gasteiger partial charge on any atom is -0.330 e. The zero-order valence-electron chi connectivity index (χ0n) is 12.1. The van der Waals surface area contributed by atoms with E-state index in [0.29, 0.717) is 19.6 Å². The van der Waals surface area contributed by atoms with Gasteiger partial charge in [-0.3, -0.25) is 10.1 Å². The Bertz CT molecular complexity index is 604. The predicted molar refractivity (Wildman–Crippen MR) is 85.5 cm³/mol. The molecule has 1 aromatic carbocycles. The van der Waals surface area contributed by atoms with E-state index in [2.05, 4.69) is 0 Å². The molecule has 22 heavy (non-hydrogen) atoms. The number of nitro benzene ring substituents is 1. The second-order valence-corrected chi connectivity index (χ2v) is 7.14. The van der Waals surface area contributed by atoms with Crippen molar-refractivity contribution in [2.75, 3.05) is 19.6 Å². The number of non-ortho nitro benzene ring substituents is 1. The molecule has 0 aliphatic carbocycles. The maximum absolute atomic E-state index is 12.5. The first-order valence-electron chi connectivity index (χ1n) is 6.90. The Morgan fingerprint density at radius 2 is 1.95 bits per heavy atom. The molecule has 0 aromatic heterocycles. The Kier molecular flexibility index (Phi) is 6.73. The molecule has 1 aromatic rings. The zero-order valence-corrected chi connectivity index (χ0v) is 13.7. The summed E-state index contributed by atoms with van der Waals surface area (Å²) in [6.07, 6.45) is 2.62. The third-order valence-electron chi connectivity index (χ3n) is 3.74. The van der Waals surface area contributed by atoms with Crippen molar-refractivity contribution in [2.45, 2.75) is 24.2 Å². The van der Waals surface area contributed by atoms with Crippen molar-refractivity contribution in [1.82, 2.24) is 4.31 Å². The fourth-order valence-electron chi connectivity index (χ4n) is 2.61. The topological polar surface area (TPSA) is 107 Å². The number of hydrogen-bond acceptors (Lipinski definition) is 5. The van der Waals surface area contributed by atoms with Gasteiger partial charge in [0.05, 0.1) is 9.82 Å². The predicted octanol–water partition coefficient (Wildman–Crippen LogP) is 1.77. The number of halogens is 1. The molecule has 9 heteroatoms. The van der Waals surface area contributed by atoms with Crippen LogP contribution in [0, 0.1) is 16.0 Å². The van der Waals surface area contributed by atoms with Crippen LogP contribution in [0.2, 0.25) is 0 Å². The average Bonchev–Trinajstić information content (AvgIpc) is 2.48. The standard InChI is InChI=1S/C13H19N3O4S.ClH/c14-8-7-11-2-1-9-15(10-11)21(19,20)13-5-3-12(4-6-13)16(17)18;/h3-6,11H,1-2,7-10,14H2;1H. The van der Waals surface area contributed by atoms with Crippen LogP contribution in [0.25, 0.3) is 0 Å². The summed E-state index contributed by atoms with van der Waals surface area (Å²) in [6, 6.07) is 5.02. The Morgan fingerprint density at radius 3 is 2.50 bits per heavy atom. The number of benzene rings is 1. The molecule has 1 aliphatic rings. The van der Waals surface area contributed by atoms with E-state index in [1.54, 1.807) is 0 Å². The zero-order chi connectivity index (χ0) is 15.5. The lowest BCUT2D eigenvalue weighted by Gasteiger charge is -2.31. The second-order valence-electron chi connectivity index (χ2n) is 5.20. The van der Waals surface area contributed by atoms with Crippen LogP contribution < -0.4 is 5.73 Å². The molecule has 0 amide bonds. The number of sulfonamides is 1. The average molecular weight is 350 g/mol. The van der Waals surface area contributed by atoms with Gasteiger partial charge >= 0.3 is 0 Å². The second kappa shape index (κ2) is 7.87. The fraction of sp³-hybridized carbons (Fsp3) is 0.538. The van der Waals surface area contributed by atoms with E-state index in [0.717, 1.165) is 19.3 Å². The van der Waals surface area contributed by atoms with Crippen LogP contribution in [0.5, 0.6) is 0 Å². The largest absolute Gasteiger partial charge is 0.330 e. The lowest BCUT2D eigenvalue weighted by atomic mass is 9.96. The van der Waals surface area contributed by atoms with Crippen LogP contribution >= 0.6 is 12.4 Å². The van der Waals surface area contributed by atoms with Crippen LogP contribution in [0.4, 0.5) is 5.69 Å². The van der Waals surface area contributed by atoms with Gasteiger partial charge in [0.1, 0.15) is 0 Å². The van der Waals surface area contributed by atoms with Crippen molar-refractivity contribution in [1.29, 1.82) is 0 Å². The van der Waals surface area contributed by atoms with Crippen LogP contribution in [-0.4, -0.2) is 37.3 Å². The summed E-state index contributed by atoms with van der Waals surface area (Å²) in [6.45, 7) is 1.51. The van der Waals surface area contributed by atoms with E-state index in [4.69, 9.17) is 5.73 Å². The van der Waals surface area contributed by atoms with E-state index in [1.165, 1.54) is 28.6 Å². The number of nitrogens with zero attached hydrogens (tertiary/aromatic N) is 2. The summed E-state index contributed by atoms with van der Waals surface area (Å²) in [5, 5.41) is 10.6. The number of rotatable bonds is 5. The van der Waals surface area contributed by atoms with E-state index in [1.807, 2.05) is 0 Å². The lowest BCUT2D eigenvalue weighted by Crippen LogP contribution is -2.40. The third-order valence-corrected chi connectivity index (χ3v) is 5.62. The van der Waals surface area contributed by atoms with Gasteiger partial charge < -0.3 is 5.73 Å². The van der Waals surface area contributed by atoms with Crippen LogP contribution in [0.1, 0.15) is 19.3 Å². The molecule has 1 unspecified atom stereocenters. The maximum Gasteiger partial charge on any atom is 0.269 e. The van der Waals surface area contributed by atoms with Crippen molar-refractivity contribution in [3.63, 3.8) is 0 Å². The summed E-state index contributed by atoms with van der Waals surface area (Å²) in [4.78, 5) is 10.2. The fourth-order valence-corrected chi connectivity index (χ4v) is 4.16. The molecular weight excluding hydrogens is 330 g/mol. The van der Waals surface area contributed by atoms with Gasteiger partial charge in [-0.15, -0.1) is 12.4 Å². The molecule has 0 spiro atoms. The van der Waals surface area contributed by atoms with Crippen molar-refractivity contribution in [2.24, 2.45) is 11.7 Å². The van der Waals surface area contributed by atoms with Crippen LogP contribution in [-0.2, 0) is 10.0 Å². The van der Waals surface area contributed by atoms with Gasteiger partial charge in [0.2, 0.25) is 10.0 Å². The Morgan fingerprint density at radius 1 is 1.32 bits per heavy atom. The third kappa shape index (κ3) is 4.16. The summed E-state index contributed by atoms with van der Waals surface area (Å²) >= 11 is 0. The van der Waals surface area contributed by atoms with Gasteiger partial charge in [-0.2, -0.15) is 4.31 Å². The first kappa shape index (κ1) is 18.8. The normalized spacial score (nSPS) is 19.4.